The number of carbonyl (C=O) groups excluding carboxylic acids is 1. The number of benzene rings is 1. The van der Waals surface area contributed by atoms with Crippen LogP contribution in [0.25, 0.3) is 0 Å². The number of hydrogen-bond donors (Lipinski definition) is 1. The summed E-state index contributed by atoms with van der Waals surface area (Å²) in [5, 5.41) is 0. The van der Waals surface area contributed by atoms with E-state index >= 15 is 0 Å². The lowest BCUT2D eigenvalue weighted by molar-refractivity contribution is -0.129. The van der Waals surface area contributed by atoms with Crippen LogP contribution in [-0.2, 0) is 11.3 Å². The van der Waals surface area contributed by atoms with Crippen molar-refractivity contribution in [1.29, 1.82) is 0 Å². The third kappa shape index (κ3) is 2.02. The molecular formula is C12H16N2O. The molecule has 0 unspecified atom stereocenters. The van der Waals surface area contributed by atoms with E-state index in [0.717, 1.165) is 5.56 Å². The van der Waals surface area contributed by atoms with E-state index in [1.54, 1.807) is 0 Å². The first-order valence-corrected chi connectivity index (χ1v) is 5.27. The van der Waals surface area contributed by atoms with Gasteiger partial charge in [-0.25, -0.2) is 0 Å². The fourth-order valence-corrected chi connectivity index (χ4v) is 1.96. The van der Waals surface area contributed by atoms with Crippen LogP contribution in [0.5, 0.6) is 0 Å². The Bertz CT molecular complexity index is 350. The number of carbonyl (C=O) groups is 1. The normalized spacial score (nSPS) is 26.0. The molecule has 2 atom stereocenters. The van der Waals surface area contributed by atoms with Crippen LogP contribution in [0.1, 0.15) is 18.9 Å². The first kappa shape index (κ1) is 10.2. The van der Waals surface area contributed by atoms with Crippen molar-refractivity contribution in [1.82, 2.24) is 4.90 Å². The lowest BCUT2D eigenvalue weighted by Crippen LogP contribution is -2.37. The van der Waals surface area contributed by atoms with Gasteiger partial charge in [-0.1, -0.05) is 30.3 Å². The molecule has 1 aliphatic rings. The van der Waals surface area contributed by atoms with Gasteiger partial charge in [-0.2, -0.15) is 0 Å². The van der Waals surface area contributed by atoms with Crippen molar-refractivity contribution >= 4 is 5.91 Å². The summed E-state index contributed by atoms with van der Waals surface area (Å²) in [5.41, 5.74) is 7.01. The molecule has 0 radical (unpaired) electrons. The summed E-state index contributed by atoms with van der Waals surface area (Å²) < 4.78 is 0. The third-order valence-corrected chi connectivity index (χ3v) is 3.04. The molecule has 0 aliphatic carbocycles. The van der Waals surface area contributed by atoms with Crippen LogP contribution in [0.4, 0.5) is 0 Å². The molecule has 1 saturated heterocycles. The SMILES string of the molecule is C[C@@H]1[C@H](N)CC(=O)N1Cc1ccccc1. The highest BCUT2D eigenvalue weighted by molar-refractivity contribution is 5.79. The number of hydrogen-bond acceptors (Lipinski definition) is 2. The molecule has 2 N–H and O–H groups in total. The maximum Gasteiger partial charge on any atom is 0.224 e. The van der Waals surface area contributed by atoms with E-state index in [1.165, 1.54) is 0 Å². The molecule has 1 fully saturated rings. The predicted molar refractivity (Wildman–Crippen MR) is 59.0 cm³/mol. The average molecular weight is 204 g/mol. The van der Waals surface area contributed by atoms with Gasteiger partial charge in [0.15, 0.2) is 0 Å². The highest BCUT2D eigenvalue weighted by Crippen LogP contribution is 2.19. The van der Waals surface area contributed by atoms with Crippen molar-refractivity contribution in [2.75, 3.05) is 0 Å². The second kappa shape index (κ2) is 4.03. The fourth-order valence-electron chi connectivity index (χ4n) is 1.96. The van der Waals surface area contributed by atoms with Crippen LogP contribution in [0.15, 0.2) is 30.3 Å². The molecular weight excluding hydrogens is 188 g/mol. The molecule has 0 saturated carbocycles. The fraction of sp³-hybridized carbons (Fsp3) is 0.417. The molecule has 0 bridgehead atoms. The van der Waals surface area contributed by atoms with Crippen molar-refractivity contribution in [3.05, 3.63) is 35.9 Å². The van der Waals surface area contributed by atoms with Crippen molar-refractivity contribution in [2.45, 2.75) is 32.0 Å². The molecule has 1 heterocycles. The van der Waals surface area contributed by atoms with Crippen LogP contribution < -0.4 is 5.73 Å². The van der Waals surface area contributed by atoms with E-state index in [1.807, 2.05) is 42.2 Å². The third-order valence-electron chi connectivity index (χ3n) is 3.04. The van der Waals surface area contributed by atoms with Gasteiger partial charge in [0.1, 0.15) is 0 Å². The quantitative estimate of drug-likeness (QED) is 0.785. The summed E-state index contributed by atoms with van der Waals surface area (Å²) in [7, 11) is 0. The number of rotatable bonds is 2. The standard InChI is InChI=1S/C12H16N2O/c1-9-11(13)7-12(15)14(9)8-10-5-3-2-4-6-10/h2-6,9,11H,7-8,13H2,1H3/t9-,11-/m1/s1. The van der Waals surface area contributed by atoms with Gasteiger partial charge in [0.2, 0.25) is 5.91 Å². The van der Waals surface area contributed by atoms with Gasteiger partial charge in [0.05, 0.1) is 0 Å². The molecule has 80 valence electrons. The van der Waals surface area contributed by atoms with Crippen molar-refractivity contribution < 1.29 is 4.79 Å². The molecule has 3 nitrogen and oxygen atoms in total. The Hall–Kier alpha value is -1.35. The highest BCUT2D eigenvalue weighted by Gasteiger charge is 2.33. The van der Waals surface area contributed by atoms with Crippen molar-refractivity contribution in [3.8, 4) is 0 Å². The van der Waals surface area contributed by atoms with Crippen LogP contribution >= 0.6 is 0 Å². The summed E-state index contributed by atoms with van der Waals surface area (Å²) in [6, 6.07) is 10.2. The van der Waals surface area contributed by atoms with Crippen LogP contribution in [0, 0.1) is 0 Å². The molecule has 15 heavy (non-hydrogen) atoms. The Morgan fingerprint density at radius 3 is 2.60 bits per heavy atom. The molecule has 3 heteroatoms. The topological polar surface area (TPSA) is 46.3 Å². The summed E-state index contributed by atoms with van der Waals surface area (Å²) in [5.74, 6) is 0.166. The Balaban J connectivity index is 2.09. The van der Waals surface area contributed by atoms with Gasteiger partial charge in [-0.15, -0.1) is 0 Å². The number of nitrogens with zero attached hydrogens (tertiary/aromatic N) is 1. The second-order valence-corrected chi connectivity index (χ2v) is 4.12. The van der Waals surface area contributed by atoms with Crippen LogP contribution in [0.2, 0.25) is 0 Å². The summed E-state index contributed by atoms with van der Waals surface area (Å²) >= 11 is 0. The van der Waals surface area contributed by atoms with E-state index in [2.05, 4.69) is 0 Å². The Labute approximate surface area is 89.9 Å². The molecule has 1 amide bonds. The second-order valence-electron chi connectivity index (χ2n) is 4.12. The minimum atomic E-state index is -0.0128. The first-order valence-electron chi connectivity index (χ1n) is 5.27. The molecule has 0 spiro atoms. The maximum atomic E-state index is 11.6. The number of likely N-dealkylation sites (tertiary alicyclic amines) is 1. The van der Waals surface area contributed by atoms with Gasteiger partial charge in [0.25, 0.3) is 0 Å². The monoisotopic (exact) mass is 204 g/mol. The van der Waals surface area contributed by atoms with Gasteiger partial charge < -0.3 is 10.6 Å². The van der Waals surface area contributed by atoms with Gasteiger partial charge in [-0.3, -0.25) is 4.79 Å². The van der Waals surface area contributed by atoms with Crippen LogP contribution in [0.3, 0.4) is 0 Å². The smallest absolute Gasteiger partial charge is 0.224 e. The molecule has 1 aliphatic heterocycles. The van der Waals surface area contributed by atoms with E-state index in [4.69, 9.17) is 5.73 Å². The Kier molecular flexibility index (Phi) is 2.73. The zero-order valence-electron chi connectivity index (χ0n) is 8.89. The zero-order valence-corrected chi connectivity index (χ0v) is 8.89. The Morgan fingerprint density at radius 1 is 1.40 bits per heavy atom. The van der Waals surface area contributed by atoms with Crippen molar-refractivity contribution in [2.24, 2.45) is 5.73 Å². The lowest BCUT2D eigenvalue weighted by Gasteiger charge is -2.23. The van der Waals surface area contributed by atoms with E-state index in [9.17, 15) is 4.79 Å². The zero-order chi connectivity index (χ0) is 10.8. The first-order chi connectivity index (χ1) is 7.18. The highest BCUT2D eigenvalue weighted by atomic mass is 16.2. The minimum absolute atomic E-state index is 0.0128. The van der Waals surface area contributed by atoms with E-state index < -0.39 is 0 Å². The lowest BCUT2D eigenvalue weighted by atomic mass is 10.1. The number of nitrogens with two attached hydrogens (primary N) is 1. The number of amides is 1. The van der Waals surface area contributed by atoms with E-state index in [0.29, 0.717) is 13.0 Å². The summed E-state index contributed by atoms with van der Waals surface area (Å²) in [6.07, 6.45) is 0.480. The van der Waals surface area contributed by atoms with E-state index in [-0.39, 0.29) is 18.0 Å². The molecule has 0 aromatic heterocycles. The molecule has 1 aromatic rings. The van der Waals surface area contributed by atoms with Gasteiger partial charge in [0, 0.05) is 25.0 Å². The predicted octanol–water partition coefficient (Wildman–Crippen LogP) is 1.13. The van der Waals surface area contributed by atoms with Gasteiger partial charge >= 0.3 is 0 Å². The maximum absolute atomic E-state index is 11.6. The minimum Gasteiger partial charge on any atom is -0.334 e. The molecule has 1 aromatic carbocycles. The van der Waals surface area contributed by atoms with Crippen molar-refractivity contribution in [3.63, 3.8) is 0 Å². The molecule has 2 rings (SSSR count). The summed E-state index contributed by atoms with van der Waals surface area (Å²) in [6.45, 7) is 2.69. The summed E-state index contributed by atoms with van der Waals surface area (Å²) in [4.78, 5) is 13.5. The Morgan fingerprint density at radius 2 is 2.07 bits per heavy atom. The van der Waals surface area contributed by atoms with Gasteiger partial charge in [-0.05, 0) is 12.5 Å². The average Bonchev–Trinajstić information content (AvgIpc) is 2.47. The largest absolute Gasteiger partial charge is 0.334 e. The van der Waals surface area contributed by atoms with Crippen LogP contribution in [-0.4, -0.2) is 22.9 Å².